The van der Waals surface area contributed by atoms with Crippen LogP contribution in [0.3, 0.4) is 0 Å². The van der Waals surface area contributed by atoms with E-state index in [1.165, 1.54) is 25.7 Å². The molecule has 1 saturated carbocycles. The summed E-state index contributed by atoms with van der Waals surface area (Å²) in [6, 6.07) is 7.08. The number of nitro groups is 1. The lowest BCUT2D eigenvalue weighted by Crippen LogP contribution is -2.28. The molecule has 1 aromatic carbocycles. The van der Waals surface area contributed by atoms with Crippen molar-refractivity contribution in [1.29, 1.82) is 0 Å². The summed E-state index contributed by atoms with van der Waals surface area (Å²) in [6.07, 6.45) is 5.29. The highest BCUT2D eigenvalue weighted by atomic mass is 16.6. The molecule has 0 bridgehead atoms. The molecule has 0 amide bonds. The Kier molecular flexibility index (Phi) is 5.12. The third-order valence-electron chi connectivity index (χ3n) is 4.34. The van der Waals surface area contributed by atoms with Gasteiger partial charge in [0.2, 0.25) is 0 Å². The van der Waals surface area contributed by atoms with Crippen LogP contribution in [0.15, 0.2) is 24.3 Å². The van der Waals surface area contributed by atoms with Crippen molar-refractivity contribution >= 4 is 5.69 Å². The lowest BCUT2D eigenvalue weighted by molar-refractivity contribution is -0.384. The Morgan fingerprint density at radius 3 is 2.95 bits per heavy atom. The summed E-state index contributed by atoms with van der Waals surface area (Å²) in [5.74, 6) is 1.59. The Morgan fingerprint density at radius 2 is 2.25 bits per heavy atom. The second-order valence-electron chi connectivity index (χ2n) is 6.12. The molecular weight excluding hydrogens is 252 g/mol. The highest BCUT2D eigenvalue weighted by Crippen LogP contribution is 2.28. The van der Waals surface area contributed by atoms with Crippen LogP contribution >= 0.6 is 0 Å². The van der Waals surface area contributed by atoms with E-state index in [0.29, 0.717) is 0 Å². The average Bonchev–Trinajstić information content (AvgIpc) is 2.45. The van der Waals surface area contributed by atoms with E-state index in [1.807, 2.05) is 6.07 Å². The topological polar surface area (TPSA) is 55.2 Å². The monoisotopic (exact) mass is 276 g/mol. The fraction of sp³-hybridized carbons (Fsp3) is 0.625. The summed E-state index contributed by atoms with van der Waals surface area (Å²) >= 11 is 0. The van der Waals surface area contributed by atoms with Crippen molar-refractivity contribution in [2.75, 3.05) is 6.54 Å². The van der Waals surface area contributed by atoms with Crippen LogP contribution in [0, 0.1) is 22.0 Å². The summed E-state index contributed by atoms with van der Waals surface area (Å²) < 4.78 is 0. The fourth-order valence-electron chi connectivity index (χ4n) is 3.11. The second kappa shape index (κ2) is 6.84. The van der Waals surface area contributed by atoms with Gasteiger partial charge in [0.15, 0.2) is 0 Å². The molecule has 0 aromatic heterocycles. The maximum absolute atomic E-state index is 10.8. The van der Waals surface area contributed by atoms with Crippen LogP contribution in [0.5, 0.6) is 0 Å². The van der Waals surface area contributed by atoms with Crippen molar-refractivity contribution in [3.63, 3.8) is 0 Å². The van der Waals surface area contributed by atoms with Crippen LogP contribution in [0.1, 0.15) is 51.1 Å². The fourth-order valence-corrected chi connectivity index (χ4v) is 3.11. The molecule has 0 radical (unpaired) electrons. The van der Waals surface area contributed by atoms with Crippen LogP contribution < -0.4 is 5.32 Å². The van der Waals surface area contributed by atoms with Crippen molar-refractivity contribution < 1.29 is 4.92 Å². The quantitative estimate of drug-likeness (QED) is 0.651. The molecule has 0 heterocycles. The first-order chi connectivity index (χ1) is 9.56. The molecular formula is C16H24N2O2. The van der Waals surface area contributed by atoms with E-state index in [-0.39, 0.29) is 16.7 Å². The molecule has 0 spiro atoms. The van der Waals surface area contributed by atoms with Gasteiger partial charge in [-0.25, -0.2) is 0 Å². The van der Waals surface area contributed by atoms with Gasteiger partial charge < -0.3 is 5.32 Å². The van der Waals surface area contributed by atoms with Gasteiger partial charge >= 0.3 is 0 Å². The van der Waals surface area contributed by atoms with Gasteiger partial charge in [-0.3, -0.25) is 10.1 Å². The van der Waals surface area contributed by atoms with Gasteiger partial charge in [0.25, 0.3) is 5.69 Å². The highest BCUT2D eigenvalue weighted by molar-refractivity contribution is 5.35. The first-order valence-electron chi connectivity index (χ1n) is 7.54. The standard InChI is InChI=1S/C16H24N2O2/c1-12-5-3-6-14(9-12)11-17-13(2)15-7-4-8-16(10-15)18(19)20/h4,7-8,10,12-14,17H,3,5-6,9,11H2,1-2H3. The van der Waals surface area contributed by atoms with Gasteiger partial charge in [0.1, 0.15) is 0 Å². The summed E-state index contributed by atoms with van der Waals surface area (Å²) in [6.45, 7) is 5.41. The first-order valence-corrected chi connectivity index (χ1v) is 7.54. The molecule has 1 aliphatic rings. The predicted molar refractivity (Wildman–Crippen MR) is 80.6 cm³/mol. The molecule has 1 N–H and O–H groups in total. The van der Waals surface area contributed by atoms with Gasteiger partial charge in [0.05, 0.1) is 4.92 Å². The largest absolute Gasteiger partial charge is 0.310 e. The summed E-state index contributed by atoms with van der Waals surface area (Å²) in [4.78, 5) is 10.5. The number of nitrogens with zero attached hydrogens (tertiary/aromatic N) is 1. The lowest BCUT2D eigenvalue weighted by atomic mass is 9.82. The van der Waals surface area contributed by atoms with Gasteiger partial charge in [-0.2, -0.15) is 0 Å². The Bertz CT molecular complexity index is 462. The molecule has 0 saturated heterocycles. The van der Waals surface area contributed by atoms with Crippen LogP contribution in [-0.4, -0.2) is 11.5 Å². The van der Waals surface area contributed by atoms with E-state index >= 15 is 0 Å². The zero-order chi connectivity index (χ0) is 14.5. The maximum Gasteiger partial charge on any atom is 0.269 e. The number of rotatable bonds is 5. The van der Waals surface area contributed by atoms with E-state index in [0.717, 1.165) is 23.9 Å². The van der Waals surface area contributed by atoms with Crippen LogP contribution in [0.4, 0.5) is 5.69 Å². The van der Waals surface area contributed by atoms with E-state index in [9.17, 15) is 10.1 Å². The molecule has 4 nitrogen and oxygen atoms in total. The Balaban J connectivity index is 1.89. The summed E-state index contributed by atoms with van der Waals surface area (Å²) in [5.41, 5.74) is 1.16. The number of nitro benzene ring substituents is 1. The number of hydrogen-bond acceptors (Lipinski definition) is 3. The molecule has 0 aliphatic heterocycles. The van der Waals surface area contributed by atoms with E-state index in [1.54, 1.807) is 18.2 Å². The minimum absolute atomic E-state index is 0.159. The van der Waals surface area contributed by atoms with Gasteiger partial charge in [0, 0.05) is 18.2 Å². The van der Waals surface area contributed by atoms with Crippen LogP contribution in [-0.2, 0) is 0 Å². The minimum atomic E-state index is -0.334. The molecule has 2 rings (SSSR count). The number of benzene rings is 1. The van der Waals surface area contributed by atoms with Crippen molar-refractivity contribution in [2.45, 2.75) is 45.6 Å². The van der Waals surface area contributed by atoms with Gasteiger partial charge in [-0.05, 0) is 43.7 Å². The zero-order valence-corrected chi connectivity index (χ0v) is 12.3. The third-order valence-corrected chi connectivity index (χ3v) is 4.34. The van der Waals surface area contributed by atoms with Crippen molar-refractivity contribution in [3.8, 4) is 0 Å². The van der Waals surface area contributed by atoms with E-state index < -0.39 is 0 Å². The van der Waals surface area contributed by atoms with Gasteiger partial charge in [-0.15, -0.1) is 0 Å². The number of hydrogen-bond donors (Lipinski definition) is 1. The van der Waals surface area contributed by atoms with Crippen molar-refractivity contribution in [3.05, 3.63) is 39.9 Å². The SMILES string of the molecule is CC1CCCC(CNC(C)c2cccc([N+](=O)[O-])c2)C1. The molecule has 3 atom stereocenters. The lowest BCUT2D eigenvalue weighted by Gasteiger charge is -2.28. The molecule has 1 aliphatic carbocycles. The van der Waals surface area contributed by atoms with Gasteiger partial charge in [-0.1, -0.05) is 31.9 Å². The average molecular weight is 276 g/mol. The maximum atomic E-state index is 10.8. The van der Waals surface area contributed by atoms with Crippen molar-refractivity contribution in [1.82, 2.24) is 5.32 Å². The van der Waals surface area contributed by atoms with Crippen molar-refractivity contribution in [2.24, 2.45) is 11.8 Å². The normalized spacial score (nSPS) is 24.3. The molecule has 20 heavy (non-hydrogen) atoms. The minimum Gasteiger partial charge on any atom is -0.310 e. The smallest absolute Gasteiger partial charge is 0.269 e. The highest BCUT2D eigenvalue weighted by Gasteiger charge is 2.19. The molecule has 1 fully saturated rings. The molecule has 1 aromatic rings. The molecule has 3 unspecified atom stereocenters. The van der Waals surface area contributed by atoms with Crippen LogP contribution in [0.2, 0.25) is 0 Å². The zero-order valence-electron chi connectivity index (χ0n) is 12.3. The van der Waals surface area contributed by atoms with E-state index in [2.05, 4.69) is 19.2 Å². The molecule has 110 valence electrons. The molecule has 4 heteroatoms. The Morgan fingerprint density at radius 1 is 1.45 bits per heavy atom. The Hall–Kier alpha value is -1.42. The summed E-state index contributed by atoms with van der Waals surface area (Å²) in [5, 5.41) is 14.3. The first kappa shape index (κ1) is 15.0. The summed E-state index contributed by atoms with van der Waals surface area (Å²) in [7, 11) is 0. The second-order valence-corrected chi connectivity index (χ2v) is 6.12. The number of non-ortho nitro benzene ring substituents is 1. The van der Waals surface area contributed by atoms with E-state index in [4.69, 9.17) is 0 Å². The number of nitrogens with one attached hydrogen (secondary N) is 1. The van der Waals surface area contributed by atoms with Crippen LogP contribution in [0.25, 0.3) is 0 Å². The third kappa shape index (κ3) is 4.04. The Labute approximate surface area is 120 Å². The predicted octanol–water partition coefficient (Wildman–Crippen LogP) is 4.07.